The van der Waals surface area contributed by atoms with Crippen molar-refractivity contribution in [2.45, 2.75) is 13.0 Å². The monoisotopic (exact) mass is 177 g/mol. The lowest BCUT2D eigenvalue weighted by molar-refractivity contribution is -0.121. The molecule has 0 radical (unpaired) electrons. The Labute approximate surface area is 76.5 Å². The number of hydrogen-bond acceptors (Lipinski definition) is 3. The number of ether oxygens (including phenoxy) is 1. The Hall–Kier alpha value is -1.35. The Kier molecular flexibility index (Phi) is 2.02. The van der Waals surface area contributed by atoms with E-state index in [0.29, 0.717) is 13.0 Å². The summed E-state index contributed by atoms with van der Waals surface area (Å²) in [6, 6.07) is 5.74. The number of rotatable bonds is 1. The van der Waals surface area contributed by atoms with Crippen molar-refractivity contribution in [2.24, 2.45) is 5.73 Å². The molecule has 2 N–H and O–H groups in total. The molecule has 0 atom stereocenters. The lowest BCUT2D eigenvalue weighted by Crippen LogP contribution is -2.20. The molecule has 0 bridgehead atoms. The van der Waals surface area contributed by atoms with Crippen LogP contribution in [-0.4, -0.2) is 12.4 Å². The highest BCUT2D eigenvalue weighted by Gasteiger charge is 2.16. The zero-order valence-corrected chi connectivity index (χ0v) is 7.25. The minimum atomic E-state index is 0.127. The highest BCUT2D eigenvalue weighted by Crippen LogP contribution is 2.24. The Morgan fingerprint density at radius 1 is 1.46 bits per heavy atom. The molecule has 68 valence electrons. The van der Waals surface area contributed by atoms with Gasteiger partial charge >= 0.3 is 0 Å². The van der Waals surface area contributed by atoms with Gasteiger partial charge in [-0.2, -0.15) is 0 Å². The first-order valence-corrected chi connectivity index (χ1v) is 4.26. The van der Waals surface area contributed by atoms with Gasteiger partial charge in [0.15, 0.2) is 5.78 Å². The number of carbonyl (C=O) groups excluding carboxylic acids is 1. The van der Waals surface area contributed by atoms with E-state index in [-0.39, 0.29) is 12.4 Å². The van der Waals surface area contributed by atoms with Crippen molar-refractivity contribution in [1.29, 1.82) is 0 Å². The van der Waals surface area contributed by atoms with E-state index in [1.54, 1.807) is 0 Å². The molecule has 1 aromatic rings. The smallest absolute Gasteiger partial charge is 0.174 e. The zero-order valence-electron chi connectivity index (χ0n) is 7.25. The van der Waals surface area contributed by atoms with Gasteiger partial charge in [-0.15, -0.1) is 0 Å². The van der Waals surface area contributed by atoms with E-state index in [0.717, 1.165) is 16.9 Å². The SMILES string of the molecule is NCc1ccc2c(c1)CC(=O)CO2. The minimum absolute atomic E-state index is 0.127. The summed E-state index contributed by atoms with van der Waals surface area (Å²) in [6.45, 7) is 0.705. The molecule has 1 aliphatic heterocycles. The van der Waals surface area contributed by atoms with Gasteiger partial charge in [-0.05, 0) is 11.6 Å². The molecule has 1 aliphatic rings. The fraction of sp³-hybridized carbons (Fsp3) is 0.300. The molecule has 1 heterocycles. The standard InChI is InChI=1S/C10H11NO2/c11-5-7-1-2-10-8(3-7)4-9(12)6-13-10/h1-3H,4-6,11H2. The summed E-state index contributed by atoms with van der Waals surface area (Å²) >= 11 is 0. The Morgan fingerprint density at radius 2 is 2.31 bits per heavy atom. The first-order valence-electron chi connectivity index (χ1n) is 4.26. The largest absolute Gasteiger partial charge is 0.486 e. The molecule has 3 heteroatoms. The Morgan fingerprint density at radius 3 is 3.08 bits per heavy atom. The third kappa shape index (κ3) is 1.55. The van der Waals surface area contributed by atoms with Crippen LogP contribution < -0.4 is 10.5 Å². The highest BCUT2D eigenvalue weighted by atomic mass is 16.5. The molecule has 0 aliphatic carbocycles. The second kappa shape index (κ2) is 3.18. The molecule has 0 aromatic heterocycles. The lowest BCUT2D eigenvalue weighted by Gasteiger charge is -2.16. The van der Waals surface area contributed by atoms with E-state index >= 15 is 0 Å². The highest BCUT2D eigenvalue weighted by molar-refractivity contribution is 5.84. The predicted molar refractivity (Wildman–Crippen MR) is 48.5 cm³/mol. The van der Waals surface area contributed by atoms with Crippen molar-refractivity contribution < 1.29 is 9.53 Å². The minimum Gasteiger partial charge on any atom is -0.486 e. The molecule has 0 amide bonds. The van der Waals surface area contributed by atoms with Gasteiger partial charge < -0.3 is 10.5 Å². The van der Waals surface area contributed by atoms with Crippen LogP contribution in [0.1, 0.15) is 11.1 Å². The fourth-order valence-corrected chi connectivity index (χ4v) is 1.46. The van der Waals surface area contributed by atoms with E-state index in [4.69, 9.17) is 10.5 Å². The molecule has 1 aromatic carbocycles. The summed E-state index contributed by atoms with van der Waals surface area (Å²) in [7, 11) is 0. The lowest BCUT2D eigenvalue weighted by atomic mass is 10.0. The molecular weight excluding hydrogens is 166 g/mol. The quantitative estimate of drug-likeness (QED) is 0.685. The second-order valence-electron chi connectivity index (χ2n) is 3.15. The summed E-state index contributed by atoms with van der Waals surface area (Å²) in [6.07, 6.45) is 0.475. The first kappa shape index (κ1) is 8.26. The predicted octanol–water partition coefficient (Wildman–Crippen LogP) is 0.649. The van der Waals surface area contributed by atoms with E-state index in [1.165, 1.54) is 0 Å². The maximum atomic E-state index is 11.1. The molecule has 0 unspecified atom stereocenters. The van der Waals surface area contributed by atoms with E-state index in [1.807, 2.05) is 18.2 Å². The van der Waals surface area contributed by atoms with Gasteiger partial charge in [-0.3, -0.25) is 4.79 Å². The molecule has 0 spiro atoms. The van der Waals surface area contributed by atoms with Gasteiger partial charge in [0, 0.05) is 18.5 Å². The zero-order chi connectivity index (χ0) is 9.26. The topological polar surface area (TPSA) is 52.3 Å². The fourth-order valence-electron chi connectivity index (χ4n) is 1.46. The van der Waals surface area contributed by atoms with Crippen LogP contribution in [0.5, 0.6) is 5.75 Å². The third-order valence-corrected chi connectivity index (χ3v) is 2.14. The first-order chi connectivity index (χ1) is 6.29. The van der Waals surface area contributed by atoms with Crippen LogP contribution in [0, 0.1) is 0 Å². The number of benzene rings is 1. The van der Waals surface area contributed by atoms with Crippen molar-refractivity contribution in [3.63, 3.8) is 0 Å². The number of ketones is 1. The summed E-state index contributed by atoms with van der Waals surface area (Å²) in [5.74, 6) is 0.943. The normalized spacial score (nSPS) is 15.0. The van der Waals surface area contributed by atoms with E-state index in [2.05, 4.69) is 0 Å². The number of fused-ring (bicyclic) bond motifs is 1. The Balaban J connectivity index is 2.38. The van der Waals surface area contributed by atoms with Crippen LogP contribution in [0.4, 0.5) is 0 Å². The van der Waals surface area contributed by atoms with Gasteiger partial charge in [-0.1, -0.05) is 12.1 Å². The number of carbonyl (C=O) groups is 1. The van der Waals surface area contributed by atoms with E-state index < -0.39 is 0 Å². The van der Waals surface area contributed by atoms with Crippen LogP contribution in [0.2, 0.25) is 0 Å². The van der Waals surface area contributed by atoms with Crippen LogP contribution >= 0.6 is 0 Å². The van der Waals surface area contributed by atoms with Crippen LogP contribution in [0.3, 0.4) is 0 Å². The van der Waals surface area contributed by atoms with Crippen molar-refractivity contribution in [3.05, 3.63) is 29.3 Å². The van der Waals surface area contributed by atoms with Gasteiger partial charge in [0.2, 0.25) is 0 Å². The number of Topliss-reactive ketones (excluding diaryl/α,β-unsaturated/α-hetero) is 1. The van der Waals surface area contributed by atoms with Gasteiger partial charge in [0.25, 0.3) is 0 Å². The number of hydrogen-bond donors (Lipinski definition) is 1. The van der Waals surface area contributed by atoms with Gasteiger partial charge in [0.1, 0.15) is 12.4 Å². The molecule has 2 rings (SSSR count). The molecular formula is C10H11NO2. The maximum absolute atomic E-state index is 11.1. The molecule has 0 fully saturated rings. The third-order valence-electron chi connectivity index (χ3n) is 2.14. The Bertz CT molecular complexity index is 347. The van der Waals surface area contributed by atoms with E-state index in [9.17, 15) is 4.79 Å². The second-order valence-corrected chi connectivity index (χ2v) is 3.15. The molecule has 0 saturated carbocycles. The van der Waals surface area contributed by atoms with Gasteiger partial charge in [0.05, 0.1) is 0 Å². The summed E-state index contributed by atoms with van der Waals surface area (Å²) in [5.41, 5.74) is 7.49. The van der Waals surface area contributed by atoms with Crippen molar-refractivity contribution in [2.75, 3.05) is 6.61 Å². The van der Waals surface area contributed by atoms with Crippen LogP contribution in [0.25, 0.3) is 0 Å². The number of nitrogens with two attached hydrogens (primary N) is 1. The molecule has 0 saturated heterocycles. The summed E-state index contributed by atoms with van der Waals surface area (Å²) in [5, 5.41) is 0. The molecule has 3 nitrogen and oxygen atoms in total. The van der Waals surface area contributed by atoms with Crippen LogP contribution in [-0.2, 0) is 17.8 Å². The summed E-state index contributed by atoms with van der Waals surface area (Å²) in [4.78, 5) is 11.1. The average Bonchev–Trinajstić information content (AvgIpc) is 2.16. The van der Waals surface area contributed by atoms with Crippen molar-refractivity contribution in [1.82, 2.24) is 0 Å². The van der Waals surface area contributed by atoms with Crippen LogP contribution in [0.15, 0.2) is 18.2 Å². The average molecular weight is 177 g/mol. The van der Waals surface area contributed by atoms with Crippen molar-refractivity contribution >= 4 is 5.78 Å². The molecule has 13 heavy (non-hydrogen) atoms. The van der Waals surface area contributed by atoms with Gasteiger partial charge in [-0.25, -0.2) is 0 Å². The summed E-state index contributed by atoms with van der Waals surface area (Å²) < 4.78 is 5.24. The van der Waals surface area contributed by atoms with Crippen molar-refractivity contribution in [3.8, 4) is 5.75 Å². The maximum Gasteiger partial charge on any atom is 0.174 e.